The predicted molar refractivity (Wildman–Crippen MR) is 74.5 cm³/mol. The lowest BCUT2D eigenvalue weighted by Crippen LogP contribution is -2.47. The molecule has 0 saturated heterocycles. The number of esters is 1. The van der Waals surface area contributed by atoms with Crippen molar-refractivity contribution in [3.63, 3.8) is 0 Å². The van der Waals surface area contributed by atoms with Crippen LogP contribution in [0.15, 0.2) is 11.6 Å². The molecular weight excluding hydrogens is 242 g/mol. The third-order valence-corrected chi connectivity index (χ3v) is 3.38. The van der Waals surface area contributed by atoms with E-state index in [0.29, 0.717) is 19.7 Å². The minimum Gasteiger partial charge on any atom is -0.465 e. The van der Waals surface area contributed by atoms with E-state index >= 15 is 0 Å². The number of carbonyl (C=O) groups excluding carboxylic acids is 2. The molecule has 0 aromatic rings. The predicted octanol–water partition coefficient (Wildman–Crippen LogP) is 2.39. The highest BCUT2D eigenvalue weighted by molar-refractivity contribution is 5.98. The second-order valence-electron chi connectivity index (χ2n) is 6.14. The quantitative estimate of drug-likeness (QED) is 0.448. The highest BCUT2D eigenvalue weighted by Crippen LogP contribution is 2.29. The van der Waals surface area contributed by atoms with Crippen molar-refractivity contribution in [2.75, 3.05) is 19.7 Å². The molecule has 1 rings (SSSR count). The fourth-order valence-electron chi connectivity index (χ4n) is 2.20. The van der Waals surface area contributed by atoms with Crippen LogP contribution < -0.4 is 0 Å². The van der Waals surface area contributed by atoms with Gasteiger partial charge in [-0.1, -0.05) is 32.4 Å². The molecule has 1 heterocycles. The van der Waals surface area contributed by atoms with Gasteiger partial charge in [-0.05, 0) is 25.7 Å². The lowest BCUT2D eigenvalue weighted by Gasteiger charge is -2.34. The summed E-state index contributed by atoms with van der Waals surface area (Å²) in [4.78, 5) is 26.4. The maximum atomic E-state index is 12.6. The molecule has 108 valence electrons. The monoisotopic (exact) mass is 267 g/mol. The molecule has 1 unspecified atom stereocenters. The molecule has 0 radical (unpaired) electrons. The zero-order chi connectivity index (χ0) is 14.6. The number of ether oxygens (including phenoxy) is 1. The maximum Gasteiger partial charge on any atom is 0.319 e. The number of rotatable bonds is 3. The first kappa shape index (κ1) is 15.7. The van der Waals surface area contributed by atoms with E-state index in [9.17, 15) is 9.59 Å². The summed E-state index contributed by atoms with van der Waals surface area (Å²) in [6.07, 6.45) is 2.93. The third kappa shape index (κ3) is 4.08. The number of carbonyl (C=O) groups is 2. The van der Waals surface area contributed by atoms with E-state index in [-0.39, 0.29) is 5.91 Å². The number of hydrogen-bond acceptors (Lipinski definition) is 3. The summed E-state index contributed by atoms with van der Waals surface area (Å²) in [5.41, 5.74) is 0.868. The lowest BCUT2D eigenvalue weighted by atomic mass is 9.79. The third-order valence-electron chi connectivity index (χ3n) is 3.38. The molecule has 0 bridgehead atoms. The Bertz CT molecular complexity index is 379. The molecule has 0 fully saturated rings. The van der Waals surface area contributed by atoms with Crippen molar-refractivity contribution in [3.05, 3.63) is 11.6 Å². The number of amides is 1. The van der Waals surface area contributed by atoms with E-state index in [2.05, 4.69) is 6.92 Å². The molecule has 0 spiro atoms. The maximum absolute atomic E-state index is 12.6. The molecule has 19 heavy (non-hydrogen) atoms. The summed E-state index contributed by atoms with van der Waals surface area (Å²) in [6, 6.07) is 0. The van der Waals surface area contributed by atoms with Gasteiger partial charge in [0, 0.05) is 13.1 Å². The average Bonchev–Trinajstić information content (AvgIpc) is 2.28. The normalized spacial score (nSPS) is 17.7. The smallest absolute Gasteiger partial charge is 0.319 e. The van der Waals surface area contributed by atoms with E-state index in [1.165, 1.54) is 5.57 Å². The van der Waals surface area contributed by atoms with E-state index in [4.69, 9.17) is 4.74 Å². The first-order chi connectivity index (χ1) is 8.77. The van der Waals surface area contributed by atoms with Gasteiger partial charge in [0.1, 0.15) is 5.92 Å². The SMILES string of the molecule is CCOC(=O)C(C(=O)N1CC=C(C)CC1)C(C)(C)C. The number of hydrogen-bond donors (Lipinski definition) is 0. The Morgan fingerprint density at radius 2 is 2.05 bits per heavy atom. The van der Waals surface area contributed by atoms with Gasteiger partial charge < -0.3 is 9.64 Å². The topological polar surface area (TPSA) is 46.6 Å². The zero-order valence-corrected chi connectivity index (χ0v) is 12.7. The van der Waals surface area contributed by atoms with Gasteiger partial charge in [0.2, 0.25) is 5.91 Å². The summed E-state index contributed by atoms with van der Waals surface area (Å²) in [5.74, 6) is -1.25. The summed E-state index contributed by atoms with van der Waals surface area (Å²) < 4.78 is 5.06. The average molecular weight is 267 g/mol. The van der Waals surface area contributed by atoms with Crippen molar-refractivity contribution in [2.45, 2.75) is 41.0 Å². The van der Waals surface area contributed by atoms with Gasteiger partial charge in [0.05, 0.1) is 6.61 Å². The van der Waals surface area contributed by atoms with Crippen LogP contribution in [0.25, 0.3) is 0 Å². The van der Waals surface area contributed by atoms with Gasteiger partial charge in [0.25, 0.3) is 0 Å². The molecule has 4 nitrogen and oxygen atoms in total. The van der Waals surface area contributed by atoms with E-state index < -0.39 is 17.3 Å². The lowest BCUT2D eigenvalue weighted by molar-refractivity contribution is -0.160. The minimum atomic E-state index is -0.723. The van der Waals surface area contributed by atoms with Crippen molar-refractivity contribution in [1.82, 2.24) is 4.90 Å². The Morgan fingerprint density at radius 1 is 1.42 bits per heavy atom. The van der Waals surface area contributed by atoms with Crippen molar-refractivity contribution in [1.29, 1.82) is 0 Å². The van der Waals surface area contributed by atoms with Gasteiger partial charge >= 0.3 is 5.97 Å². The van der Waals surface area contributed by atoms with Crippen molar-refractivity contribution < 1.29 is 14.3 Å². The Balaban J connectivity index is 2.87. The number of nitrogens with zero attached hydrogens (tertiary/aromatic N) is 1. The van der Waals surface area contributed by atoms with Gasteiger partial charge in [0.15, 0.2) is 0 Å². The summed E-state index contributed by atoms with van der Waals surface area (Å²) in [5, 5.41) is 0. The molecule has 1 atom stereocenters. The van der Waals surface area contributed by atoms with Crippen LogP contribution in [-0.4, -0.2) is 36.5 Å². The second kappa shape index (κ2) is 6.22. The van der Waals surface area contributed by atoms with Gasteiger partial charge in [-0.2, -0.15) is 0 Å². The molecule has 1 amide bonds. The molecule has 0 aromatic heterocycles. The first-order valence-electron chi connectivity index (χ1n) is 6.88. The fraction of sp³-hybridized carbons (Fsp3) is 0.733. The summed E-state index contributed by atoms with van der Waals surface area (Å²) in [6.45, 7) is 11.1. The van der Waals surface area contributed by atoms with Crippen molar-refractivity contribution in [2.24, 2.45) is 11.3 Å². The van der Waals surface area contributed by atoms with Crippen molar-refractivity contribution >= 4 is 11.9 Å². The molecule has 0 aliphatic carbocycles. The van der Waals surface area contributed by atoms with Crippen LogP contribution in [0.5, 0.6) is 0 Å². The fourth-order valence-corrected chi connectivity index (χ4v) is 2.20. The molecule has 0 N–H and O–H groups in total. The Hall–Kier alpha value is -1.32. The van der Waals surface area contributed by atoms with Crippen LogP contribution in [0.1, 0.15) is 41.0 Å². The molecule has 0 aromatic carbocycles. The Labute approximate surface area is 115 Å². The zero-order valence-electron chi connectivity index (χ0n) is 12.7. The first-order valence-corrected chi connectivity index (χ1v) is 6.88. The molecule has 0 saturated carbocycles. The Kier molecular flexibility index (Phi) is 5.15. The van der Waals surface area contributed by atoms with Crippen LogP contribution >= 0.6 is 0 Å². The second-order valence-corrected chi connectivity index (χ2v) is 6.14. The minimum absolute atomic E-state index is 0.116. The van der Waals surface area contributed by atoms with Gasteiger partial charge in [-0.25, -0.2) is 0 Å². The van der Waals surface area contributed by atoms with Crippen LogP contribution in [-0.2, 0) is 14.3 Å². The largest absolute Gasteiger partial charge is 0.465 e. The van der Waals surface area contributed by atoms with Crippen LogP contribution in [0, 0.1) is 11.3 Å². The van der Waals surface area contributed by atoms with Crippen molar-refractivity contribution in [3.8, 4) is 0 Å². The van der Waals surface area contributed by atoms with Crippen LogP contribution in [0.4, 0.5) is 0 Å². The Morgan fingerprint density at radius 3 is 2.47 bits per heavy atom. The van der Waals surface area contributed by atoms with Crippen LogP contribution in [0.3, 0.4) is 0 Å². The van der Waals surface area contributed by atoms with E-state index in [0.717, 1.165) is 6.42 Å². The molecule has 1 aliphatic rings. The summed E-state index contributed by atoms with van der Waals surface area (Å²) >= 11 is 0. The van der Waals surface area contributed by atoms with E-state index in [1.54, 1.807) is 11.8 Å². The van der Waals surface area contributed by atoms with Crippen LogP contribution in [0.2, 0.25) is 0 Å². The van der Waals surface area contributed by atoms with Gasteiger partial charge in [-0.15, -0.1) is 0 Å². The van der Waals surface area contributed by atoms with Gasteiger partial charge in [-0.3, -0.25) is 9.59 Å². The molecular formula is C15H25NO3. The highest BCUT2D eigenvalue weighted by atomic mass is 16.5. The standard InChI is InChI=1S/C15H25NO3/c1-6-19-14(18)12(15(3,4)5)13(17)16-9-7-11(2)8-10-16/h7,12H,6,8-10H2,1-5H3. The summed E-state index contributed by atoms with van der Waals surface area (Å²) in [7, 11) is 0. The molecule has 4 heteroatoms. The van der Waals surface area contributed by atoms with E-state index in [1.807, 2.05) is 26.8 Å². The molecule has 1 aliphatic heterocycles. The highest BCUT2D eigenvalue weighted by Gasteiger charge is 2.41.